The minimum absolute atomic E-state index is 0.0851. The van der Waals surface area contributed by atoms with Crippen molar-refractivity contribution in [1.29, 1.82) is 0 Å². The molecule has 3 aromatic rings. The average molecular weight is 405 g/mol. The van der Waals surface area contributed by atoms with Crippen molar-refractivity contribution in [3.8, 4) is 0 Å². The summed E-state index contributed by atoms with van der Waals surface area (Å²) in [5, 5.41) is 8.20. The highest BCUT2D eigenvalue weighted by Crippen LogP contribution is 2.18. The second-order valence-corrected chi connectivity index (χ2v) is 7.72. The summed E-state index contributed by atoms with van der Waals surface area (Å²) in [6, 6.07) is 21.3. The molecule has 0 fully saturated rings. The first kappa shape index (κ1) is 21.5. The molecule has 0 spiro atoms. The Bertz CT molecular complexity index is 1030. The van der Waals surface area contributed by atoms with Crippen LogP contribution in [0.3, 0.4) is 0 Å². The molecule has 0 radical (unpaired) electrons. The van der Waals surface area contributed by atoms with Gasteiger partial charge in [-0.3, -0.25) is 9.59 Å². The van der Waals surface area contributed by atoms with Crippen molar-refractivity contribution in [2.75, 3.05) is 23.7 Å². The normalized spacial score (nSPS) is 12.9. The fraction of sp³-hybridized carbons (Fsp3) is 0.280. The minimum Gasteiger partial charge on any atom is -0.321 e. The van der Waals surface area contributed by atoms with Crippen LogP contribution in [0, 0.1) is 6.92 Å². The molecule has 0 saturated carbocycles. The summed E-state index contributed by atoms with van der Waals surface area (Å²) in [5.41, 5.74) is 2.60. The predicted molar refractivity (Wildman–Crippen MR) is 123 cm³/mol. The van der Waals surface area contributed by atoms with Gasteiger partial charge in [-0.2, -0.15) is 0 Å². The Morgan fingerprint density at radius 1 is 0.933 bits per heavy atom. The van der Waals surface area contributed by atoms with Crippen molar-refractivity contribution < 1.29 is 14.5 Å². The molecule has 3 aromatic carbocycles. The van der Waals surface area contributed by atoms with E-state index in [0.29, 0.717) is 0 Å². The lowest BCUT2D eigenvalue weighted by Gasteiger charge is -2.24. The zero-order valence-corrected chi connectivity index (χ0v) is 17.9. The van der Waals surface area contributed by atoms with Crippen LogP contribution in [-0.2, 0) is 9.59 Å². The van der Waals surface area contributed by atoms with Gasteiger partial charge in [0.25, 0.3) is 11.8 Å². The van der Waals surface area contributed by atoms with E-state index in [-0.39, 0.29) is 24.4 Å². The molecule has 1 unspecified atom stereocenters. The quantitative estimate of drug-likeness (QED) is 0.539. The van der Waals surface area contributed by atoms with E-state index in [1.807, 2.05) is 80.6 Å². The van der Waals surface area contributed by atoms with Gasteiger partial charge in [0, 0.05) is 11.4 Å². The molecule has 3 N–H and O–H groups in total. The van der Waals surface area contributed by atoms with Gasteiger partial charge in [0.2, 0.25) is 0 Å². The number of hydrogen-bond donors (Lipinski definition) is 3. The van der Waals surface area contributed by atoms with Crippen molar-refractivity contribution >= 4 is 34.0 Å². The van der Waals surface area contributed by atoms with Gasteiger partial charge in [-0.25, -0.2) is 0 Å². The van der Waals surface area contributed by atoms with Crippen molar-refractivity contribution in [3.05, 3.63) is 72.3 Å². The van der Waals surface area contributed by atoms with Crippen molar-refractivity contribution in [2.45, 2.75) is 33.2 Å². The third-order valence-electron chi connectivity index (χ3n) is 5.40. The highest BCUT2D eigenvalue weighted by Gasteiger charge is 2.27. The van der Waals surface area contributed by atoms with Crippen LogP contribution in [0.2, 0.25) is 0 Å². The number of rotatable bonds is 8. The van der Waals surface area contributed by atoms with Gasteiger partial charge in [-0.05, 0) is 54.8 Å². The Balaban J connectivity index is 1.65. The summed E-state index contributed by atoms with van der Waals surface area (Å²) in [6.45, 7) is 6.89. The van der Waals surface area contributed by atoms with E-state index >= 15 is 0 Å². The Kier molecular flexibility index (Phi) is 7.20. The van der Waals surface area contributed by atoms with E-state index in [4.69, 9.17) is 0 Å². The molecule has 30 heavy (non-hydrogen) atoms. The SMILES string of the molecule is CCC[NH+](CC(=O)Nc1ccccc1C)[C@@H](C)C(=O)Nc1ccc2ccccc2c1. The third kappa shape index (κ3) is 5.45. The number of amides is 2. The van der Waals surface area contributed by atoms with Crippen LogP contribution >= 0.6 is 0 Å². The molecule has 2 amide bonds. The number of anilines is 2. The number of hydrogen-bond acceptors (Lipinski definition) is 2. The summed E-state index contributed by atoms with van der Waals surface area (Å²) in [7, 11) is 0. The minimum atomic E-state index is -0.348. The van der Waals surface area contributed by atoms with E-state index in [0.717, 1.165) is 45.6 Å². The van der Waals surface area contributed by atoms with E-state index in [1.165, 1.54) is 0 Å². The van der Waals surface area contributed by atoms with Crippen LogP contribution in [0.4, 0.5) is 11.4 Å². The molecule has 3 rings (SSSR count). The Hall–Kier alpha value is -3.18. The maximum Gasteiger partial charge on any atom is 0.282 e. The molecule has 0 aromatic heterocycles. The third-order valence-corrected chi connectivity index (χ3v) is 5.40. The fourth-order valence-corrected chi connectivity index (χ4v) is 3.60. The number of carbonyl (C=O) groups excluding carboxylic acids is 2. The monoisotopic (exact) mass is 404 g/mol. The smallest absolute Gasteiger partial charge is 0.282 e. The molecular weight excluding hydrogens is 374 g/mol. The van der Waals surface area contributed by atoms with Crippen molar-refractivity contribution in [3.63, 3.8) is 0 Å². The van der Waals surface area contributed by atoms with E-state index in [1.54, 1.807) is 0 Å². The van der Waals surface area contributed by atoms with E-state index in [2.05, 4.69) is 17.6 Å². The highest BCUT2D eigenvalue weighted by atomic mass is 16.2. The molecule has 2 atom stereocenters. The number of fused-ring (bicyclic) bond motifs is 1. The molecule has 0 aliphatic rings. The van der Waals surface area contributed by atoms with Gasteiger partial charge in [-0.1, -0.05) is 55.5 Å². The summed E-state index contributed by atoms with van der Waals surface area (Å²) < 4.78 is 0. The molecule has 5 heteroatoms. The van der Waals surface area contributed by atoms with E-state index < -0.39 is 0 Å². The Morgan fingerprint density at radius 3 is 2.37 bits per heavy atom. The van der Waals surface area contributed by atoms with Gasteiger partial charge in [0.15, 0.2) is 12.6 Å². The first-order valence-electron chi connectivity index (χ1n) is 10.5. The molecule has 156 valence electrons. The average Bonchev–Trinajstić information content (AvgIpc) is 2.74. The number of benzene rings is 3. The number of carbonyl (C=O) groups is 2. The zero-order chi connectivity index (χ0) is 21.5. The molecule has 0 heterocycles. The molecule has 0 aliphatic carbocycles. The second kappa shape index (κ2) is 10.0. The lowest BCUT2D eigenvalue weighted by atomic mass is 10.1. The topological polar surface area (TPSA) is 62.6 Å². The molecule has 0 bridgehead atoms. The molecule has 0 saturated heterocycles. The molecular formula is C25H30N3O2+. The molecule has 5 nitrogen and oxygen atoms in total. The highest BCUT2D eigenvalue weighted by molar-refractivity contribution is 5.97. The first-order chi connectivity index (χ1) is 14.5. The van der Waals surface area contributed by atoms with Crippen LogP contribution in [-0.4, -0.2) is 30.9 Å². The number of para-hydroxylation sites is 1. The van der Waals surface area contributed by atoms with Crippen LogP contribution in [0.5, 0.6) is 0 Å². The first-order valence-corrected chi connectivity index (χ1v) is 10.5. The van der Waals surface area contributed by atoms with Crippen molar-refractivity contribution in [2.24, 2.45) is 0 Å². The van der Waals surface area contributed by atoms with Gasteiger partial charge in [0.1, 0.15) is 0 Å². The lowest BCUT2D eigenvalue weighted by Crippen LogP contribution is -3.17. The summed E-state index contributed by atoms with van der Waals surface area (Å²) >= 11 is 0. The van der Waals surface area contributed by atoms with Crippen LogP contribution in [0.1, 0.15) is 25.8 Å². The summed E-state index contributed by atoms with van der Waals surface area (Å²) in [4.78, 5) is 26.5. The fourth-order valence-electron chi connectivity index (χ4n) is 3.60. The second-order valence-electron chi connectivity index (χ2n) is 7.72. The van der Waals surface area contributed by atoms with Crippen LogP contribution in [0.15, 0.2) is 66.7 Å². The summed E-state index contributed by atoms with van der Waals surface area (Å²) in [6.07, 6.45) is 0.889. The zero-order valence-electron chi connectivity index (χ0n) is 17.9. The number of nitrogens with one attached hydrogen (secondary N) is 3. The Morgan fingerprint density at radius 2 is 1.63 bits per heavy atom. The lowest BCUT2D eigenvalue weighted by molar-refractivity contribution is -0.905. The van der Waals surface area contributed by atoms with Gasteiger partial charge in [0.05, 0.1) is 6.54 Å². The van der Waals surface area contributed by atoms with Gasteiger partial charge >= 0.3 is 0 Å². The number of quaternary nitrogens is 1. The maximum absolute atomic E-state index is 12.9. The van der Waals surface area contributed by atoms with Crippen LogP contribution < -0.4 is 15.5 Å². The Labute approximate surface area is 178 Å². The van der Waals surface area contributed by atoms with Gasteiger partial charge < -0.3 is 15.5 Å². The maximum atomic E-state index is 12.9. The molecule has 0 aliphatic heterocycles. The largest absolute Gasteiger partial charge is 0.321 e. The summed E-state index contributed by atoms with van der Waals surface area (Å²) in [5.74, 6) is -0.171. The van der Waals surface area contributed by atoms with Crippen molar-refractivity contribution in [1.82, 2.24) is 0 Å². The van der Waals surface area contributed by atoms with Gasteiger partial charge in [-0.15, -0.1) is 0 Å². The predicted octanol–water partition coefficient (Wildman–Crippen LogP) is 3.41. The van der Waals surface area contributed by atoms with E-state index in [9.17, 15) is 9.59 Å². The standard InChI is InChI=1S/C25H29N3O2/c1-4-15-28(17-24(29)27-23-12-8-5-9-18(23)2)19(3)25(30)26-22-14-13-20-10-6-7-11-21(20)16-22/h5-14,16,19H,4,15,17H2,1-3H3,(H,26,30)(H,27,29)/p+1/t19-/m0/s1. The van der Waals surface area contributed by atoms with Crippen LogP contribution in [0.25, 0.3) is 10.8 Å². The number of aryl methyl sites for hydroxylation is 1.